The highest BCUT2D eigenvalue weighted by Crippen LogP contribution is 2.33. The maximum Gasteiger partial charge on any atom is 0.247 e. The van der Waals surface area contributed by atoms with E-state index < -0.39 is 0 Å². The highest BCUT2D eigenvalue weighted by atomic mass is 16.5. The fourth-order valence-electron chi connectivity index (χ4n) is 4.05. The van der Waals surface area contributed by atoms with Gasteiger partial charge in [0.2, 0.25) is 24.0 Å². The second-order valence-electron chi connectivity index (χ2n) is 7.04. The predicted octanol–water partition coefficient (Wildman–Crippen LogP) is 3.10. The van der Waals surface area contributed by atoms with Crippen LogP contribution in [-0.2, 0) is 4.74 Å². The summed E-state index contributed by atoms with van der Waals surface area (Å²) < 4.78 is 16.6. The van der Waals surface area contributed by atoms with Crippen molar-refractivity contribution >= 4 is 0 Å². The van der Waals surface area contributed by atoms with Crippen molar-refractivity contribution in [3.05, 3.63) is 36.5 Å². The van der Waals surface area contributed by atoms with E-state index in [0.717, 1.165) is 24.3 Å². The average Bonchev–Trinajstić information content (AvgIpc) is 3.51. The van der Waals surface area contributed by atoms with Crippen LogP contribution in [0.1, 0.15) is 37.6 Å². The van der Waals surface area contributed by atoms with Crippen molar-refractivity contribution in [2.75, 3.05) is 19.8 Å². The molecule has 1 atom stereocenters. The zero-order valence-electron chi connectivity index (χ0n) is 15.0. The molecule has 3 heterocycles. The van der Waals surface area contributed by atoms with Gasteiger partial charge in [-0.05, 0) is 25.0 Å². The van der Waals surface area contributed by atoms with Crippen LogP contribution in [0, 0.1) is 0 Å². The van der Waals surface area contributed by atoms with E-state index in [-0.39, 0.29) is 6.04 Å². The standard InChI is InChI=1S/C19H21N5O3/c1-2-4-15(3-1)24-9-10-25-11-16(24)19-21-17(23-27-19)13-5-7-14(8-6-13)18-22-20-12-26-18/h5-8,12,15-16H,1-4,9-11H2. The number of nitrogens with zero attached hydrogens (tertiary/aromatic N) is 5. The monoisotopic (exact) mass is 367 g/mol. The van der Waals surface area contributed by atoms with Crippen molar-refractivity contribution in [1.29, 1.82) is 0 Å². The summed E-state index contributed by atoms with van der Waals surface area (Å²) in [6.45, 7) is 2.30. The summed E-state index contributed by atoms with van der Waals surface area (Å²) in [5, 5.41) is 11.8. The molecule has 1 aliphatic carbocycles. The van der Waals surface area contributed by atoms with Gasteiger partial charge in [0.05, 0.1) is 13.2 Å². The molecule has 0 amide bonds. The first-order chi connectivity index (χ1) is 13.4. The lowest BCUT2D eigenvalue weighted by Gasteiger charge is -2.37. The Morgan fingerprint density at radius 2 is 1.85 bits per heavy atom. The van der Waals surface area contributed by atoms with Gasteiger partial charge in [-0.3, -0.25) is 4.90 Å². The van der Waals surface area contributed by atoms with E-state index in [1.807, 2.05) is 24.3 Å². The Kier molecular flexibility index (Phi) is 4.43. The second-order valence-corrected chi connectivity index (χ2v) is 7.04. The molecule has 0 radical (unpaired) electrons. The molecule has 1 aliphatic heterocycles. The molecule has 2 aromatic heterocycles. The normalized spacial score (nSPS) is 21.7. The smallest absolute Gasteiger partial charge is 0.247 e. The minimum absolute atomic E-state index is 0.0424. The lowest BCUT2D eigenvalue weighted by molar-refractivity contribution is -0.0397. The first-order valence-electron chi connectivity index (χ1n) is 9.42. The minimum Gasteiger partial charge on any atom is -0.423 e. The van der Waals surface area contributed by atoms with Crippen LogP contribution in [0.4, 0.5) is 0 Å². The van der Waals surface area contributed by atoms with Crippen molar-refractivity contribution < 1.29 is 13.7 Å². The minimum atomic E-state index is 0.0424. The number of aromatic nitrogens is 4. The maximum atomic E-state index is 5.71. The maximum absolute atomic E-state index is 5.71. The zero-order valence-corrected chi connectivity index (χ0v) is 15.0. The summed E-state index contributed by atoms with van der Waals surface area (Å²) in [6.07, 6.45) is 6.41. The molecule has 1 saturated carbocycles. The van der Waals surface area contributed by atoms with E-state index in [1.165, 1.54) is 32.1 Å². The van der Waals surface area contributed by atoms with Crippen molar-refractivity contribution in [1.82, 2.24) is 25.2 Å². The van der Waals surface area contributed by atoms with Gasteiger partial charge in [-0.2, -0.15) is 4.98 Å². The Labute approximate surface area is 156 Å². The van der Waals surface area contributed by atoms with E-state index in [1.54, 1.807) is 0 Å². The Balaban J connectivity index is 1.37. The van der Waals surface area contributed by atoms with Crippen LogP contribution in [0.25, 0.3) is 22.8 Å². The predicted molar refractivity (Wildman–Crippen MR) is 95.5 cm³/mol. The summed E-state index contributed by atoms with van der Waals surface area (Å²) in [5.41, 5.74) is 1.74. The highest BCUT2D eigenvalue weighted by Gasteiger charge is 2.35. The molecule has 5 rings (SSSR count). The molecule has 140 valence electrons. The molecule has 2 fully saturated rings. The van der Waals surface area contributed by atoms with Gasteiger partial charge in [-0.15, -0.1) is 10.2 Å². The molecular weight excluding hydrogens is 346 g/mol. The van der Waals surface area contributed by atoms with Crippen molar-refractivity contribution in [2.45, 2.75) is 37.8 Å². The molecule has 8 nitrogen and oxygen atoms in total. The van der Waals surface area contributed by atoms with E-state index in [2.05, 4.69) is 25.2 Å². The second kappa shape index (κ2) is 7.21. The van der Waals surface area contributed by atoms with Crippen LogP contribution in [0.2, 0.25) is 0 Å². The van der Waals surface area contributed by atoms with E-state index >= 15 is 0 Å². The number of hydrogen-bond donors (Lipinski definition) is 0. The van der Waals surface area contributed by atoms with Crippen molar-refractivity contribution in [3.63, 3.8) is 0 Å². The molecular formula is C19H21N5O3. The Bertz CT molecular complexity index is 871. The molecule has 1 aromatic carbocycles. The summed E-state index contributed by atoms with van der Waals surface area (Å²) in [4.78, 5) is 7.16. The third kappa shape index (κ3) is 3.26. The number of rotatable bonds is 4. The molecule has 2 aliphatic rings. The van der Waals surface area contributed by atoms with Gasteiger partial charge < -0.3 is 13.7 Å². The summed E-state index contributed by atoms with van der Waals surface area (Å²) in [5.74, 6) is 1.71. The SMILES string of the molecule is c1nnc(-c2ccc(-c3noc(C4COCCN4C4CCCC4)n3)cc2)o1. The number of ether oxygens (including phenoxy) is 1. The van der Waals surface area contributed by atoms with Crippen LogP contribution in [0.5, 0.6) is 0 Å². The van der Waals surface area contributed by atoms with E-state index in [0.29, 0.717) is 30.3 Å². The van der Waals surface area contributed by atoms with E-state index in [9.17, 15) is 0 Å². The third-order valence-corrected chi connectivity index (χ3v) is 5.44. The lowest BCUT2D eigenvalue weighted by Crippen LogP contribution is -2.44. The molecule has 3 aromatic rings. The topological polar surface area (TPSA) is 90.3 Å². The summed E-state index contributed by atoms with van der Waals surface area (Å²) in [7, 11) is 0. The van der Waals surface area contributed by atoms with Gasteiger partial charge in [-0.25, -0.2) is 0 Å². The first-order valence-corrected chi connectivity index (χ1v) is 9.42. The fourth-order valence-corrected chi connectivity index (χ4v) is 4.05. The molecule has 1 saturated heterocycles. The Morgan fingerprint density at radius 1 is 1.04 bits per heavy atom. The molecule has 8 heteroatoms. The average molecular weight is 367 g/mol. The zero-order chi connectivity index (χ0) is 18.1. The van der Waals surface area contributed by atoms with Gasteiger partial charge in [0, 0.05) is 23.7 Å². The van der Waals surface area contributed by atoms with Crippen molar-refractivity contribution in [3.8, 4) is 22.8 Å². The molecule has 0 spiro atoms. The van der Waals surface area contributed by atoms with Gasteiger partial charge in [-0.1, -0.05) is 30.1 Å². The van der Waals surface area contributed by atoms with Crippen LogP contribution in [0.3, 0.4) is 0 Å². The number of benzene rings is 1. The van der Waals surface area contributed by atoms with Crippen LogP contribution < -0.4 is 0 Å². The van der Waals surface area contributed by atoms with Crippen molar-refractivity contribution in [2.24, 2.45) is 0 Å². The van der Waals surface area contributed by atoms with Gasteiger partial charge in [0.15, 0.2) is 0 Å². The number of morpholine rings is 1. The molecule has 27 heavy (non-hydrogen) atoms. The fraction of sp³-hybridized carbons (Fsp3) is 0.474. The molecule has 0 bridgehead atoms. The van der Waals surface area contributed by atoms with Crippen LogP contribution >= 0.6 is 0 Å². The third-order valence-electron chi connectivity index (χ3n) is 5.44. The quantitative estimate of drug-likeness (QED) is 0.695. The largest absolute Gasteiger partial charge is 0.423 e. The lowest BCUT2D eigenvalue weighted by atomic mass is 10.1. The highest BCUT2D eigenvalue weighted by molar-refractivity contribution is 5.61. The summed E-state index contributed by atoms with van der Waals surface area (Å²) >= 11 is 0. The Morgan fingerprint density at radius 3 is 2.63 bits per heavy atom. The van der Waals surface area contributed by atoms with Crippen LogP contribution in [0.15, 0.2) is 39.6 Å². The van der Waals surface area contributed by atoms with Gasteiger partial charge >= 0.3 is 0 Å². The van der Waals surface area contributed by atoms with Gasteiger partial charge in [0.1, 0.15) is 6.04 Å². The molecule has 1 unspecified atom stereocenters. The van der Waals surface area contributed by atoms with Gasteiger partial charge in [0.25, 0.3) is 0 Å². The summed E-state index contributed by atoms with van der Waals surface area (Å²) in [6, 6.07) is 8.32. The van der Waals surface area contributed by atoms with Crippen LogP contribution in [-0.4, -0.2) is 51.0 Å². The number of hydrogen-bond acceptors (Lipinski definition) is 8. The molecule has 0 N–H and O–H groups in total. The van der Waals surface area contributed by atoms with E-state index in [4.69, 9.17) is 13.7 Å². The Hall–Kier alpha value is -2.58. The first kappa shape index (κ1) is 16.6.